The van der Waals surface area contributed by atoms with Crippen LogP contribution >= 0.6 is 0 Å². The lowest BCUT2D eigenvalue weighted by Crippen LogP contribution is -2.06. The number of ether oxygens (including phenoxy) is 5. The number of aromatic hydroxyl groups is 1. The summed E-state index contributed by atoms with van der Waals surface area (Å²) >= 11 is 0. The quantitative estimate of drug-likeness (QED) is 0.222. The van der Waals surface area contributed by atoms with Gasteiger partial charge in [0.05, 0.1) is 40.1 Å². The predicted molar refractivity (Wildman–Crippen MR) is 158 cm³/mol. The number of rotatable bonds is 7. The third-order valence-corrected chi connectivity index (χ3v) is 7.18. The number of fused-ring (bicyclic) bond motifs is 7. The third kappa shape index (κ3) is 4.04. The van der Waals surface area contributed by atoms with Crippen LogP contribution in [0.25, 0.3) is 49.3 Å². The number of phenolic OH excluding ortho intramolecular Hbond substituents is 1. The SMILES string of the molecule is COc1cc2c(cc1O)oc(=O)c1c2c(-c2ccc(OC)c(OC)c2)c2c3cc(OC)c(OC(C)C)cc3ccn21. The number of aromatic nitrogens is 1. The second-order valence-electron chi connectivity index (χ2n) is 9.87. The first-order valence-electron chi connectivity index (χ1n) is 13.0. The van der Waals surface area contributed by atoms with Crippen LogP contribution in [-0.2, 0) is 0 Å². The summed E-state index contributed by atoms with van der Waals surface area (Å²) < 4.78 is 35.9. The molecule has 0 aliphatic heterocycles. The van der Waals surface area contributed by atoms with Crippen LogP contribution in [0, 0.1) is 0 Å². The molecule has 3 aromatic heterocycles. The summed E-state index contributed by atoms with van der Waals surface area (Å²) in [4.78, 5) is 13.6. The van der Waals surface area contributed by atoms with Gasteiger partial charge >= 0.3 is 5.63 Å². The summed E-state index contributed by atoms with van der Waals surface area (Å²) in [5.74, 6) is 2.40. The summed E-state index contributed by atoms with van der Waals surface area (Å²) in [6.07, 6.45) is 1.79. The van der Waals surface area contributed by atoms with Crippen molar-refractivity contribution in [2.45, 2.75) is 20.0 Å². The molecule has 1 N–H and O–H groups in total. The molecule has 0 aliphatic carbocycles. The van der Waals surface area contributed by atoms with E-state index in [9.17, 15) is 9.90 Å². The first-order valence-corrected chi connectivity index (χ1v) is 13.0. The summed E-state index contributed by atoms with van der Waals surface area (Å²) in [6, 6.07) is 14.5. The van der Waals surface area contributed by atoms with Crippen molar-refractivity contribution >= 4 is 38.2 Å². The van der Waals surface area contributed by atoms with Crippen molar-refractivity contribution in [2.75, 3.05) is 28.4 Å². The van der Waals surface area contributed by atoms with Gasteiger partial charge in [-0.15, -0.1) is 0 Å². The molecule has 6 rings (SSSR count). The second kappa shape index (κ2) is 9.85. The largest absolute Gasteiger partial charge is 0.504 e. The molecule has 210 valence electrons. The minimum atomic E-state index is -0.551. The van der Waals surface area contributed by atoms with Gasteiger partial charge in [-0.05, 0) is 61.2 Å². The lowest BCUT2D eigenvalue weighted by Gasteiger charge is -2.16. The van der Waals surface area contributed by atoms with Gasteiger partial charge in [0.2, 0.25) is 0 Å². The molecule has 41 heavy (non-hydrogen) atoms. The van der Waals surface area contributed by atoms with Gasteiger partial charge in [-0.3, -0.25) is 0 Å². The minimum Gasteiger partial charge on any atom is -0.504 e. The molecule has 0 saturated heterocycles. The van der Waals surface area contributed by atoms with Crippen molar-refractivity contribution in [3.05, 3.63) is 65.1 Å². The maximum atomic E-state index is 13.6. The lowest BCUT2D eigenvalue weighted by molar-refractivity contribution is 0.230. The zero-order chi connectivity index (χ0) is 29.0. The van der Waals surface area contributed by atoms with Crippen molar-refractivity contribution in [1.82, 2.24) is 4.40 Å². The third-order valence-electron chi connectivity index (χ3n) is 7.18. The van der Waals surface area contributed by atoms with Gasteiger partial charge in [-0.2, -0.15) is 0 Å². The van der Waals surface area contributed by atoms with Crippen LogP contribution in [0.5, 0.6) is 34.5 Å². The standard InChI is InChI=1S/C32H29NO8/c1-16(2)40-27-11-17-9-10-33-30(19(17)13-26(27)39-6)28(18-7-8-22(36-3)25(12-18)38-5)29-20-14-24(37-4)21(34)15-23(20)41-32(35)31(29)33/h7-16,34H,1-6H3. The Morgan fingerprint density at radius 3 is 2.12 bits per heavy atom. The number of hydrogen-bond donors (Lipinski definition) is 1. The van der Waals surface area contributed by atoms with Crippen LogP contribution in [-0.4, -0.2) is 44.1 Å². The topological polar surface area (TPSA) is 101 Å². The van der Waals surface area contributed by atoms with Gasteiger partial charge in [0, 0.05) is 34.0 Å². The molecule has 3 heterocycles. The fraction of sp³-hybridized carbons (Fsp3) is 0.219. The molecule has 0 unspecified atom stereocenters. The number of phenols is 1. The van der Waals surface area contributed by atoms with Crippen LogP contribution in [0.1, 0.15) is 13.8 Å². The highest BCUT2D eigenvalue weighted by molar-refractivity contribution is 6.22. The highest BCUT2D eigenvalue weighted by atomic mass is 16.5. The molecular formula is C32H29NO8. The van der Waals surface area contributed by atoms with Gasteiger partial charge in [0.1, 0.15) is 11.1 Å². The Labute approximate surface area is 235 Å². The van der Waals surface area contributed by atoms with Gasteiger partial charge in [-0.1, -0.05) is 6.07 Å². The molecule has 9 heteroatoms. The van der Waals surface area contributed by atoms with E-state index in [4.69, 9.17) is 28.1 Å². The van der Waals surface area contributed by atoms with Crippen LogP contribution in [0.4, 0.5) is 0 Å². The number of hydrogen-bond acceptors (Lipinski definition) is 8. The van der Waals surface area contributed by atoms with Crippen molar-refractivity contribution in [1.29, 1.82) is 0 Å². The zero-order valence-electron chi connectivity index (χ0n) is 23.5. The Morgan fingerprint density at radius 2 is 1.44 bits per heavy atom. The van der Waals surface area contributed by atoms with E-state index in [1.54, 1.807) is 27.4 Å². The fourth-order valence-electron chi connectivity index (χ4n) is 5.46. The Bertz CT molecular complexity index is 2040. The highest BCUT2D eigenvalue weighted by Crippen LogP contribution is 2.46. The molecule has 0 aliphatic rings. The average molecular weight is 556 g/mol. The number of benzene rings is 3. The minimum absolute atomic E-state index is 0.0503. The molecule has 6 aromatic rings. The van der Waals surface area contributed by atoms with Crippen LogP contribution in [0.3, 0.4) is 0 Å². The van der Waals surface area contributed by atoms with Crippen molar-refractivity contribution in [3.63, 3.8) is 0 Å². The Balaban J connectivity index is 1.87. The summed E-state index contributed by atoms with van der Waals surface area (Å²) in [6.45, 7) is 3.91. The average Bonchev–Trinajstić information content (AvgIpc) is 3.32. The van der Waals surface area contributed by atoms with Crippen molar-refractivity contribution in [2.24, 2.45) is 0 Å². The van der Waals surface area contributed by atoms with E-state index in [0.717, 1.165) is 27.4 Å². The monoisotopic (exact) mass is 555 g/mol. The molecule has 9 nitrogen and oxygen atoms in total. The van der Waals surface area contributed by atoms with Crippen molar-refractivity contribution < 1.29 is 33.2 Å². The molecule has 0 spiro atoms. The molecule has 0 amide bonds. The lowest BCUT2D eigenvalue weighted by atomic mass is 9.98. The molecule has 0 fully saturated rings. The highest BCUT2D eigenvalue weighted by Gasteiger charge is 2.25. The normalized spacial score (nSPS) is 11.6. The number of pyridine rings is 1. The van der Waals surface area contributed by atoms with Crippen LogP contribution < -0.4 is 29.3 Å². The van der Waals surface area contributed by atoms with E-state index in [1.165, 1.54) is 13.2 Å². The van der Waals surface area contributed by atoms with Crippen molar-refractivity contribution in [3.8, 4) is 45.6 Å². The van der Waals surface area contributed by atoms with E-state index in [1.807, 2.05) is 60.8 Å². The van der Waals surface area contributed by atoms with Gasteiger partial charge in [0.15, 0.2) is 34.5 Å². The zero-order valence-corrected chi connectivity index (χ0v) is 23.5. The van der Waals surface area contributed by atoms with Gasteiger partial charge in [0.25, 0.3) is 0 Å². The van der Waals surface area contributed by atoms with E-state index in [-0.39, 0.29) is 23.2 Å². The molecule has 0 radical (unpaired) electrons. The number of nitrogens with zero attached hydrogens (tertiary/aromatic N) is 1. The molecular weight excluding hydrogens is 526 g/mol. The molecule has 3 aromatic carbocycles. The Kier molecular flexibility index (Phi) is 6.29. The van der Waals surface area contributed by atoms with E-state index in [0.29, 0.717) is 39.3 Å². The first-order chi connectivity index (χ1) is 19.8. The predicted octanol–water partition coefficient (Wildman–Crippen LogP) is 6.55. The summed E-state index contributed by atoms with van der Waals surface area (Å²) in [5, 5.41) is 13.4. The van der Waals surface area contributed by atoms with Gasteiger partial charge < -0.3 is 37.6 Å². The maximum Gasteiger partial charge on any atom is 0.361 e. The maximum absolute atomic E-state index is 13.6. The van der Waals surface area contributed by atoms with E-state index in [2.05, 4.69) is 0 Å². The van der Waals surface area contributed by atoms with Crippen LogP contribution in [0.2, 0.25) is 0 Å². The van der Waals surface area contributed by atoms with Gasteiger partial charge in [-0.25, -0.2) is 4.79 Å². The number of methoxy groups -OCH3 is 4. The molecule has 0 saturated carbocycles. The smallest absolute Gasteiger partial charge is 0.361 e. The summed E-state index contributed by atoms with van der Waals surface area (Å²) in [7, 11) is 6.22. The van der Waals surface area contributed by atoms with Crippen LogP contribution in [0.15, 0.2) is 63.9 Å². The molecule has 0 atom stereocenters. The fourth-order valence-corrected chi connectivity index (χ4v) is 5.46. The Morgan fingerprint density at radius 1 is 0.756 bits per heavy atom. The Hall–Kier alpha value is -5.05. The second-order valence-corrected chi connectivity index (χ2v) is 9.87. The summed E-state index contributed by atoms with van der Waals surface area (Å²) in [5.41, 5.74) is 2.32. The van der Waals surface area contributed by atoms with E-state index < -0.39 is 5.63 Å². The molecule has 0 bridgehead atoms. The van der Waals surface area contributed by atoms with E-state index >= 15 is 0 Å². The first kappa shape index (κ1) is 26.2.